The first-order chi connectivity index (χ1) is 12.3. The van der Waals surface area contributed by atoms with Crippen LogP contribution in [0.25, 0.3) is 0 Å². The molecule has 0 aromatic heterocycles. The van der Waals surface area contributed by atoms with E-state index in [0.29, 0.717) is 0 Å². The van der Waals surface area contributed by atoms with Gasteiger partial charge < -0.3 is 15.0 Å². The van der Waals surface area contributed by atoms with Crippen molar-refractivity contribution >= 4 is 16.3 Å². The first-order valence-electron chi connectivity index (χ1n) is 9.16. The van der Waals surface area contributed by atoms with Crippen molar-refractivity contribution in [1.82, 2.24) is 0 Å². The third kappa shape index (κ3) is 19.7. The summed E-state index contributed by atoms with van der Waals surface area (Å²) in [7, 11) is -3.62. The molecule has 0 bridgehead atoms. The Morgan fingerprint density at radius 2 is 1.36 bits per heavy atom. The predicted octanol–water partition coefficient (Wildman–Crippen LogP) is -3.13. The molecule has 1 atom stereocenters. The molecule has 150 valence electrons. The van der Waals surface area contributed by atoms with Gasteiger partial charge in [0.25, 0.3) is 10.1 Å². The van der Waals surface area contributed by atoms with Gasteiger partial charge in [-0.1, -0.05) is 76.5 Å². The maximum absolute atomic E-state index is 12.1. The molecule has 6 nitrogen and oxygen atoms in total. The van der Waals surface area contributed by atoms with E-state index in [2.05, 4.69) is 6.92 Å². The largest absolute Gasteiger partial charge is 1.00 e. The quantitative estimate of drug-likeness (QED) is 0.196. The first kappa shape index (κ1) is 33.0. The van der Waals surface area contributed by atoms with Crippen LogP contribution in [0.2, 0.25) is 0 Å². The van der Waals surface area contributed by atoms with Crippen molar-refractivity contribution in [3.63, 3.8) is 0 Å². The molecule has 0 amide bonds. The Balaban J connectivity index is -0.000000948. The van der Waals surface area contributed by atoms with Crippen LogP contribution in [0.3, 0.4) is 0 Å². The van der Waals surface area contributed by atoms with Crippen LogP contribution in [-0.4, -0.2) is 20.7 Å². The Morgan fingerprint density at radius 1 is 0.929 bits per heavy atom. The van der Waals surface area contributed by atoms with E-state index >= 15 is 0 Å². The van der Waals surface area contributed by atoms with Crippen molar-refractivity contribution < 1.29 is 86.7 Å². The summed E-state index contributed by atoms with van der Waals surface area (Å²) >= 11 is 0. The summed E-state index contributed by atoms with van der Waals surface area (Å²) < 4.78 is 29.4. The summed E-state index contributed by atoms with van der Waals surface area (Å²) in [6, 6.07) is 8.35. The first-order valence-corrected chi connectivity index (χ1v) is 10.6. The SMILES string of the molecule is CCCCCCCCCCC(C)OS(=O)(=O)c1ccccc1.O=C([O-])[O-].[Na+].[Na+]. The number of hydrogen-bond donors (Lipinski definition) is 0. The molecule has 0 radical (unpaired) electrons. The van der Waals surface area contributed by atoms with Crippen LogP contribution in [0.5, 0.6) is 0 Å². The normalized spacial score (nSPS) is 11.2. The van der Waals surface area contributed by atoms with E-state index < -0.39 is 16.3 Å². The van der Waals surface area contributed by atoms with Gasteiger partial charge in [-0.05, 0) is 31.6 Å². The number of carbonyl (C=O) groups is 1. The van der Waals surface area contributed by atoms with Crippen LogP contribution < -0.4 is 69.3 Å². The minimum absolute atomic E-state index is 0. The predicted molar refractivity (Wildman–Crippen MR) is 96.8 cm³/mol. The number of carboxylic acid groups (broad SMARTS) is 2. The number of rotatable bonds is 12. The molecule has 1 aromatic carbocycles. The van der Waals surface area contributed by atoms with Crippen LogP contribution >= 0.6 is 0 Å². The van der Waals surface area contributed by atoms with Gasteiger partial charge in [0.1, 0.15) is 0 Å². The van der Waals surface area contributed by atoms with Crippen LogP contribution in [0.15, 0.2) is 35.2 Å². The van der Waals surface area contributed by atoms with E-state index in [0.717, 1.165) is 19.3 Å². The zero-order valence-electron chi connectivity index (χ0n) is 17.7. The molecule has 0 saturated heterocycles. The van der Waals surface area contributed by atoms with E-state index in [1.54, 1.807) is 30.3 Å². The summed E-state index contributed by atoms with van der Waals surface area (Å²) in [6.07, 6.45) is 8.19. The van der Waals surface area contributed by atoms with Gasteiger partial charge in [-0.2, -0.15) is 8.42 Å². The molecule has 0 heterocycles. The van der Waals surface area contributed by atoms with E-state index in [1.165, 1.54) is 38.5 Å². The van der Waals surface area contributed by atoms with Gasteiger partial charge in [0, 0.05) is 0 Å². The Morgan fingerprint density at radius 3 is 1.82 bits per heavy atom. The van der Waals surface area contributed by atoms with Crippen LogP contribution in [0.1, 0.15) is 71.6 Å². The zero-order chi connectivity index (χ0) is 19.8. The maximum atomic E-state index is 12.1. The van der Waals surface area contributed by atoms with Crippen LogP contribution in [0, 0.1) is 0 Å². The summed E-state index contributed by atoms with van der Waals surface area (Å²) in [5.74, 6) is 0. The fourth-order valence-electron chi connectivity index (χ4n) is 2.47. The molecule has 0 aliphatic heterocycles. The fraction of sp³-hybridized carbons (Fsp3) is 0.632. The van der Waals surface area contributed by atoms with E-state index in [9.17, 15) is 8.42 Å². The van der Waals surface area contributed by atoms with Gasteiger partial charge in [0.15, 0.2) is 0 Å². The molecule has 28 heavy (non-hydrogen) atoms. The summed E-state index contributed by atoms with van der Waals surface area (Å²) in [5.41, 5.74) is 0. The summed E-state index contributed by atoms with van der Waals surface area (Å²) in [4.78, 5) is 8.57. The number of carbonyl (C=O) groups excluding carboxylic acids is 1. The maximum Gasteiger partial charge on any atom is 1.00 e. The summed E-state index contributed by atoms with van der Waals surface area (Å²) in [5, 5.41) is 16.7. The van der Waals surface area contributed by atoms with Crippen molar-refractivity contribution in [2.75, 3.05) is 0 Å². The monoisotopic (exact) mass is 432 g/mol. The third-order valence-electron chi connectivity index (χ3n) is 3.79. The average molecular weight is 432 g/mol. The standard InChI is InChI=1S/C18H30O3S.CH2O3.2Na/c1-3-4-5-6-7-8-9-11-14-17(2)21-22(19,20)18-15-12-10-13-16-18;2-1(3)4;;/h10,12-13,15-17H,3-9,11,14H2,1-2H3;(H2,2,3,4);;/q;;2*+1/p-2. The molecule has 1 unspecified atom stereocenters. The van der Waals surface area contributed by atoms with E-state index in [-0.39, 0.29) is 70.1 Å². The Labute approximate surface area is 214 Å². The van der Waals surface area contributed by atoms with Crippen LogP contribution in [0.4, 0.5) is 4.79 Å². The Kier molecular flexibility index (Phi) is 24.4. The topological polar surface area (TPSA) is 107 Å². The van der Waals surface area contributed by atoms with Gasteiger partial charge in [-0.3, -0.25) is 4.18 Å². The van der Waals surface area contributed by atoms with Crippen molar-refractivity contribution in [2.24, 2.45) is 0 Å². The second kappa shape index (κ2) is 20.7. The zero-order valence-corrected chi connectivity index (χ0v) is 22.5. The molecular weight excluding hydrogens is 402 g/mol. The number of benzene rings is 1. The molecule has 0 aliphatic carbocycles. The smallest absolute Gasteiger partial charge is 0.652 e. The third-order valence-corrected chi connectivity index (χ3v) is 5.22. The van der Waals surface area contributed by atoms with E-state index in [4.69, 9.17) is 19.2 Å². The molecule has 0 aliphatic rings. The Hall–Kier alpha value is 0.400. The average Bonchev–Trinajstić information content (AvgIpc) is 2.57. The van der Waals surface area contributed by atoms with Crippen molar-refractivity contribution in [2.45, 2.75) is 82.6 Å². The molecular formula is C19H30Na2O6S. The van der Waals surface area contributed by atoms with Gasteiger partial charge in [0.05, 0.1) is 11.0 Å². The van der Waals surface area contributed by atoms with E-state index in [1.807, 2.05) is 6.92 Å². The fourth-order valence-corrected chi connectivity index (χ4v) is 3.60. The second-order valence-electron chi connectivity index (χ2n) is 6.19. The van der Waals surface area contributed by atoms with Gasteiger partial charge in [-0.25, -0.2) is 0 Å². The van der Waals surface area contributed by atoms with Gasteiger partial charge in [0.2, 0.25) is 0 Å². The van der Waals surface area contributed by atoms with Gasteiger partial charge >= 0.3 is 59.1 Å². The van der Waals surface area contributed by atoms with Crippen molar-refractivity contribution in [1.29, 1.82) is 0 Å². The number of unbranched alkanes of at least 4 members (excludes halogenated alkanes) is 7. The Bertz CT molecular complexity index is 577. The molecule has 9 heteroatoms. The minimum Gasteiger partial charge on any atom is -0.652 e. The van der Waals surface area contributed by atoms with Crippen molar-refractivity contribution in [3.8, 4) is 0 Å². The van der Waals surface area contributed by atoms with Gasteiger partial charge in [-0.15, -0.1) is 0 Å². The molecule has 0 saturated carbocycles. The van der Waals surface area contributed by atoms with Crippen molar-refractivity contribution in [3.05, 3.63) is 30.3 Å². The molecule has 1 rings (SSSR count). The molecule has 0 spiro atoms. The summed E-state index contributed by atoms with van der Waals surface area (Å²) in [6.45, 7) is 4.06. The van der Waals surface area contributed by atoms with Crippen LogP contribution in [-0.2, 0) is 14.3 Å². The molecule has 0 N–H and O–H groups in total. The number of hydrogen-bond acceptors (Lipinski definition) is 6. The minimum atomic E-state index is -3.62. The molecule has 1 aromatic rings. The second-order valence-corrected chi connectivity index (χ2v) is 7.76. The molecule has 0 fully saturated rings.